The molecule has 2 aliphatic carbocycles. The topological polar surface area (TPSA) is 59.1 Å². The van der Waals surface area contributed by atoms with Crippen LogP contribution in [0.1, 0.15) is 56.4 Å². The van der Waals surface area contributed by atoms with Gasteiger partial charge in [-0.1, -0.05) is 43.2 Å². The molecule has 0 aromatic heterocycles. The number of amides is 1. The summed E-state index contributed by atoms with van der Waals surface area (Å²) in [5, 5.41) is 0. The number of carbonyl (C=O) groups excluding carboxylic acids is 2. The van der Waals surface area contributed by atoms with E-state index in [4.69, 9.17) is 9.47 Å². The zero-order valence-corrected chi connectivity index (χ0v) is 20.3. The van der Waals surface area contributed by atoms with E-state index in [0.717, 1.165) is 36.1 Å². The first-order valence-corrected chi connectivity index (χ1v) is 12.5. The van der Waals surface area contributed by atoms with Crippen LogP contribution in [0.2, 0.25) is 0 Å². The smallest absolute Gasteiger partial charge is 0.449 e. The minimum Gasteiger partial charge on any atom is -0.449 e. The van der Waals surface area contributed by atoms with Gasteiger partial charge in [0.2, 0.25) is 0 Å². The first kappa shape index (κ1) is 25.9. The lowest BCUT2D eigenvalue weighted by atomic mass is 9.78. The van der Waals surface area contributed by atoms with Crippen LogP contribution in [0.5, 0.6) is 0 Å². The molecule has 0 radical (unpaired) electrons. The Kier molecular flexibility index (Phi) is 8.06. The molecule has 0 spiro atoms. The second kappa shape index (κ2) is 10.9. The lowest BCUT2D eigenvalue weighted by molar-refractivity contribution is -0.189. The Balaban J connectivity index is 1.40. The Morgan fingerprint density at radius 1 is 1.11 bits per heavy atom. The number of ether oxygens (including phenoxy) is 2. The van der Waals surface area contributed by atoms with Gasteiger partial charge in [0.15, 0.2) is 0 Å². The predicted octanol–water partition coefficient (Wildman–Crippen LogP) is 4.35. The third-order valence-electron chi connectivity index (χ3n) is 7.84. The van der Waals surface area contributed by atoms with Crippen LogP contribution in [0, 0.1) is 11.3 Å². The number of esters is 1. The molecule has 194 valence electrons. The van der Waals surface area contributed by atoms with E-state index in [9.17, 15) is 22.8 Å². The minimum absolute atomic E-state index is 0.00286. The van der Waals surface area contributed by atoms with Crippen LogP contribution < -0.4 is 0 Å². The molecule has 2 atom stereocenters. The van der Waals surface area contributed by atoms with Crippen molar-refractivity contribution in [2.75, 3.05) is 40.1 Å². The minimum atomic E-state index is -4.92. The van der Waals surface area contributed by atoms with Crippen LogP contribution in [0.25, 0.3) is 0 Å². The summed E-state index contributed by atoms with van der Waals surface area (Å²) >= 11 is 0. The summed E-state index contributed by atoms with van der Waals surface area (Å²) in [6.45, 7) is 1.61. The summed E-state index contributed by atoms with van der Waals surface area (Å²) in [4.78, 5) is 27.8. The van der Waals surface area contributed by atoms with Crippen molar-refractivity contribution in [2.45, 2.75) is 63.1 Å². The van der Waals surface area contributed by atoms with Crippen molar-refractivity contribution in [3.63, 3.8) is 0 Å². The second-order valence-corrected chi connectivity index (χ2v) is 10.4. The first-order valence-electron chi connectivity index (χ1n) is 12.5. The highest BCUT2D eigenvalue weighted by molar-refractivity contribution is 5.82. The number of benzene rings is 1. The highest BCUT2D eigenvalue weighted by atomic mass is 19.4. The fraction of sp³-hybridized carbons (Fsp3) is 0.692. The van der Waals surface area contributed by atoms with Crippen molar-refractivity contribution >= 4 is 11.9 Å². The van der Waals surface area contributed by atoms with Crippen LogP contribution in [0.3, 0.4) is 0 Å². The summed E-state index contributed by atoms with van der Waals surface area (Å²) in [6, 6.07) is 8.93. The number of likely N-dealkylation sites (tertiary alicyclic amines) is 1. The van der Waals surface area contributed by atoms with Crippen molar-refractivity contribution in [2.24, 2.45) is 11.3 Å². The maximum atomic E-state index is 13.6. The van der Waals surface area contributed by atoms with Crippen LogP contribution in [0.15, 0.2) is 30.3 Å². The molecule has 3 aliphatic rings. The largest absolute Gasteiger partial charge is 0.471 e. The number of rotatable bonds is 9. The van der Waals surface area contributed by atoms with Gasteiger partial charge in [-0.05, 0) is 37.7 Å². The lowest BCUT2D eigenvalue weighted by Crippen LogP contribution is -2.53. The molecule has 1 aliphatic heterocycles. The van der Waals surface area contributed by atoms with Crippen LogP contribution in [-0.2, 0) is 19.1 Å². The molecule has 1 aromatic carbocycles. The van der Waals surface area contributed by atoms with Gasteiger partial charge in [-0.15, -0.1) is 0 Å². The Hall–Kier alpha value is -2.13. The van der Waals surface area contributed by atoms with E-state index in [2.05, 4.69) is 0 Å². The highest BCUT2D eigenvalue weighted by Gasteiger charge is 2.54. The fourth-order valence-electron chi connectivity index (χ4n) is 5.69. The van der Waals surface area contributed by atoms with Crippen LogP contribution in [-0.4, -0.2) is 74.0 Å². The Bertz CT molecular complexity index is 865. The third-order valence-corrected chi connectivity index (χ3v) is 7.84. The van der Waals surface area contributed by atoms with E-state index in [1.165, 1.54) is 7.11 Å². The van der Waals surface area contributed by atoms with Gasteiger partial charge in [0.05, 0.1) is 12.5 Å². The molecular weight excluding hydrogens is 461 g/mol. The number of carbonyl (C=O) groups is 2. The van der Waals surface area contributed by atoms with Crippen molar-refractivity contribution in [1.29, 1.82) is 0 Å². The van der Waals surface area contributed by atoms with Gasteiger partial charge in [0.25, 0.3) is 0 Å². The monoisotopic (exact) mass is 496 g/mol. The number of halogens is 3. The summed E-state index contributed by atoms with van der Waals surface area (Å²) in [5.74, 6) is -2.02. The van der Waals surface area contributed by atoms with Gasteiger partial charge in [-0.2, -0.15) is 13.2 Å². The molecule has 9 heteroatoms. The summed E-state index contributed by atoms with van der Waals surface area (Å²) < 4.78 is 51.7. The van der Waals surface area contributed by atoms with E-state index < -0.39 is 23.5 Å². The summed E-state index contributed by atoms with van der Waals surface area (Å²) in [6.07, 6.45) is 0.599. The number of alkyl halides is 3. The van der Waals surface area contributed by atoms with Gasteiger partial charge in [0, 0.05) is 44.1 Å². The molecule has 2 saturated carbocycles. The Morgan fingerprint density at radius 2 is 1.77 bits per heavy atom. The van der Waals surface area contributed by atoms with E-state index in [-0.39, 0.29) is 37.7 Å². The van der Waals surface area contributed by atoms with Crippen LogP contribution >= 0.6 is 0 Å². The molecule has 4 rings (SSSR count). The molecule has 1 saturated heterocycles. The number of piperidine rings is 1. The number of hydrogen-bond donors (Lipinski definition) is 0. The van der Waals surface area contributed by atoms with Gasteiger partial charge in [-0.25, -0.2) is 0 Å². The maximum absolute atomic E-state index is 13.6. The molecule has 1 amide bonds. The Morgan fingerprint density at radius 3 is 2.37 bits per heavy atom. The second-order valence-electron chi connectivity index (χ2n) is 10.4. The maximum Gasteiger partial charge on any atom is 0.471 e. The number of hydrogen-bond acceptors (Lipinski definition) is 5. The molecule has 1 heterocycles. The number of nitrogens with zero attached hydrogens (tertiary/aromatic N) is 2. The van der Waals surface area contributed by atoms with Gasteiger partial charge in [0.1, 0.15) is 6.73 Å². The molecule has 0 bridgehead atoms. The molecular formula is C26H35F3N2O4. The number of methoxy groups -OCH3 is 1. The highest BCUT2D eigenvalue weighted by Crippen LogP contribution is 2.47. The average Bonchev–Trinajstić information content (AvgIpc) is 3.44. The Labute approximate surface area is 204 Å². The third kappa shape index (κ3) is 6.36. The summed E-state index contributed by atoms with van der Waals surface area (Å²) in [7, 11) is 1.54. The first-order chi connectivity index (χ1) is 16.7. The van der Waals surface area contributed by atoms with Crippen molar-refractivity contribution in [1.82, 2.24) is 9.80 Å². The molecule has 0 unspecified atom stereocenters. The molecule has 1 aromatic rings. The van der Waals surface area contributed by atoms with E-state index in [1.54, 1.807) is 0 Å². The van der Waals surface area contributed by atoms with Crippen molar-refractivity contribution in [3.8, 4) is 0 Å². The molecule has 0 N–H and O–H groups in total. The SMILES string of the molecule is COCC1(CN(C(=O)C(F)(F)F)[C@@H]2C[C@H]2c2ccccc2)CCN(COC(=O)C2CCCC2)CC1. The van der Waals surface area contributed by atoms with E-state index in [1.807, 2.05) is 35.2 Å². The summed E-state index contributed by atoms with van der Waals surface area (Å²) in [5.41, 5.74) is 0.378. The predicted molar refractivity (Wildman–Crippen MR) is 123 cm³/mol. The molecule has 6 nitrogen and oxygen atoms in total. The van der Waals surface area contributed by atoms with Gasteiger partial charge >= 0.3 is 18.1 Å². The van der Waals surface area contributed by atoms with Crippen molar-refractivity contribution in [3.05, 3.63) is 35.9 Å². The van der Waals surface area contributed by atoms with Gasteiger partial charge < -0.3 is 14.4 Å². The average molecular weight is 497 g/mol. The normalized spacial score (nSPS) is 24.8. The molecule has 35 heavy (non-hydrogen) atoms. The van der Waals surface area contributed by atoms with E-state index in [0.29, 0.717) is 32.4 Å². The quantitative estimate of drug-likeness (QED) is 0.476. The zero-order chi connectivity index (χ0) is 25.1. The lowest BCUT2D eigenvalue weighted by Gasteiger charge is -2.44. The van der Waals surface area contributed by atoms with Crippen molar-refractivity contribution < 1.29 is 32.2 Å². The van der Waals surface area contributed by atoms with Crippen LogP contribution in [0.4, 0.5) is 13.2 Å². The molecule has 3 fully saturated rings. The van der Waals surface area contributed by atoms with Gasteiger partial charge in [-0.3, -0.25) is 14.5 Å². The fourth-order valence-corrected chi connectivity index (χ4v) is 5.69. The standard InChI is InChI=1S/C26H35F3N2O4/c1-34-17-25(11-13-30(14-12-25)18-35-23(32)20-9-5-6-10-20)16-31(24(33)26(27,28)29)22-15-21(22)19-7-3-2-4-8-19/h2-4,7-8,20-22H,5-6,9-18H2,1H3/t21-,22+/m0/s1. The zero-order valence-electron chi connectivity index (χ0n) is 20.3. The van der Waals surface area contributed by atoms with E-state index >= 15 is 0 Å².